The van der Waals surface area contributed by atoms with Gasteiger partial charge in [-0.2, -0.15) is 0 Å². The minimum atomic E-state index is -0.518. The Morgan fingerprint density at radius 3 is 1.97 bits per heavy atom. The molecule has 192 valence electrons. The van der Waals surface area contributed by atoms with E-state index < -0.39 is 5.41 Å². The largest absolute Gasteiger partial charge is 0.497 e. The van der Waals surface area contributed by atoms with Crippen LogP contribution in [0.2, 0.25) is 0 Å². The predicted molar refractivity (Wildman–Crippen MR) is 159 cm³/mol. The van der Waals surface area contributed by atoms with Crippen molar-refractivity contribution in [3.05, 3.63) is 107 Å². The van der Waals surface area contributed by atoms with Gasteiger partial charge in [-0.15, -0.1) is 0 Å². The maximum Gasteiger partial charge on any atom is 0.309 e. The van der Waals surface area contributed by atoms with Gasteiger partial charge in [0.05, 0.1) is 26.2 Å². The average molecular weight is 504 g/mol. The highest BCUT2D eigenvalue weighted by Gasteiger charge is 2.47. The molecule has 38 heavy (non-hydrogen) atoms. The lowest BCUT2D eigenvalue weighted by Crippen LogP contribution is -2.31. The molecule has 0 bridgehead atoms. The van der Waals surface area contributed by atoms with Crippen molar-refractivity contribution in [2.75, 3.05) is 27.4 Å². The highest BCUT2D eigenvalue weighted by atomic mass is 16.5. The molecule has 4 aromatic rings. The van der Waals surface area contributed by atoms with E-state index in [0.29, 0.717) is 14.1 Å². The van der Waals surface area contributed by atoms with Crippen molar-refractivity contribution in [2.24, 2.45) is 5.41 Å². The lowest BCUT2D eigenvalue weighted by molar-refractivity contribution is 0.101. The minimum absolute atomic E-state index is 0.0834. The molecular weight excluding hydrogens is 470 g/mol. The van der Waals surface area contributed by atoms with E-state index in [4.69, 9.17) is 14.1 Å². The van der Waals surface area contributed by atoms with Crippen molar-refractivity contribution in [2.45, 2.75) is 19.3 Å². The molecule has 6 heteroatoms. The van der Waals surface area contributed by atoms with E-state index in [9.17, 15) is 5.11 Å². The quantitative estimate of drug-likeness (QED) is 0.313. The molecule has 0 saturated carbocycles. The number of methoxy groups -OCH3 is 2. The predicted octanol–water partition coefficient (Wildman–Crippen LogP) is 3.34. The molecule has 1 aliphatic carbocycles. The summed E-state index contributed by atoms with van der Waals surface area (Å²) in [6, 6.07) is 30.2. The third-order valence-corrected chi connectivity index (χ3v) is 7.63. The first-order valence-corrected chi connectivity index (χ1v) is 13.1. The van der Waals surface area contributed by atoms with Crippen LogP contribution in [-0.4, -0.2) is 47.9 Å². The van der Waals surface area contributed by atoms with E-state index in [2.05, 4.69) is 68.5 Å². The highest BCUT2D eigenvalue weighted by molar-refractivity contribution is 6.50. The smallest absolute Gasteiger partial charge is 0.309 e. The van der Waals surface area contributed by atoms with Gasteiger partial charge in [-0.25, -0.2) is 0 Å². The van der Waals surface area contributed by atoms with Crippen LogP contribution in [0.3, 0.4) is 0 Å². The van der Waals surface area contributed by atoms with Crippen LogP contribution in [0.25, 0.3) is 11.1 Å². The summed E-state index contributed by atoms with van der Waals surface area (Å²) in [4.78, 5) is 0. The number of benzene rings is 4. The Kier molecular flexibility index (Phi) is 7.13. The van der Waals surface area contributed by atoms with Crippen LogP contribution in [0, 0.1) is 5.41 Å². The van der Waals surface area contributed by atoms with Crippen LogP contribution < -0.4 is 20.4 Å². The zero-order chi connectivity index (χ0) is 26.9. The van der Waals surface area contributed by atoms with Crippen molar-refractivity contribution in [3.63, 3.8) is 0 Å². The molecule has 0 spiro atoms. The van der Waals surface area contributed by atoms with Crippen LogP contribution in [0.5, 0.6) is 11.5 Å². The molecule has 0 unspecified atom stereocenters. The van der Waals surface area contributed by atoms with Gasteiger partial charge in [0.2, 0.25) is 0 Å². The fraction of sp³-hybridized carbons (Fsp3) is 0.250. The summed E-state index contributed by atoms with van der Waals surface area (Å²) in [6.45, 7) is 4.59. The highest BCUT2D eigenvalue weighted by Crippen LogP contribution is 2.55. The fourth-order valence-corrected chi connectivity index (χ4v) is 5.64. The summed E-state index contributed by atoms with van der Waals surface area (Å²) in [5.41, 5.74) is 8.83. The molecule has 0 amide bonds. The third-order valence-electron chi connectivity index (χ3n) is 7.63. The minimum Gasteiger partial charge on any atom is -0.497 e. The van der Waals surface area contributed by atoms with Gasteiger partial charge in [-0.1, -0.05) is 80.0 Å². The van der Waals surface area contributed by atoms with Crippen LogP contribution in [0.15, 0.2) is 84.9 Å². The maximum absolute atomic E-state index is 9.70. The molecule has 4 nitrogen and oxygen atoms in total. The maximum atomic E-state index is 9.70. The van der Waals surface area contributed by atoms with Crippen LogP contribution in [0.4, 0.5) is 0 Å². The number of ether oxygens (including phenoxy) is 2. The third kappa shape index (κ3) is 4.42. The summed E-state index contributed by atoms with van der Waals surface area (Å²) in [5.74, 6) is 1.66. The summed E-state index contributed by atoms with van der Waals surface area (Å²) < 4.78 is 17.2. The summed E-state index contributed by atoms with van der Waals surface area (Å²) in [6.07, 6.45) is 0. The number of aliphatic hydroxyl groups excluding tert-OH is 1. The molecule has 1 aliphatic rings. The Morgan fingerprint density at radius 1 is 0.816 bits per heavy atom. The van der Waals surface area contributed by atoms with Crippen molar-refractivity contribution in [1.82, 2.24) is 0 Å². The van der Waals surface area contributed by atoms with Gasteiger partial charge < -0.3 is 19.2 Å². The second-order valence-electron chi connectivity index (χ2n) is 10.9. The molecule has 5 rings (SSSR count). The second kappa shape index (κ2) is 10.4. The Balaban J connectivity index is 1.77. The van der Waals surface area contributed by atoms with Gasteiger partial charge in [0.1, 0.15) is 19.3 Å². The van der Waals surface area contributed by atoms with E-state index in [1.165, 1.54) is 38.8 Å². The Bertz CT molecular complexity index is 1380. The van der Waals surface area contributed by atoms with Crippen LogP contribution >= 0.6 is 0 Å². The van der Waals surface area contributed by atoms with Crippen LogP contribution in [0.1, 0.15) is 36.1 Å². The molecule has 0 radical (unpaired) electrons. The lowest BCUT2D eigenvalue weighted by atomic mass is 9.66. The molecule has 0 fully saturated rings. The first-order valence-electron chi connectivity index (χ1n) is 13.1. The Morgan fingerprint density at radius 2 is 1.42 bits per heavy atom. The molecule has 0 atom stereocenters. The normalized spacial score (nSPS) is 13.5. The van der Waals surface area contributed by atoms with Crippen molar-refractivity contribution >= 4 is 26.3 Å². The molecule has 4 aromatic carbocycles. The topological polar surface area (TPSA) is 47.9 Å². The number of rotatable bonds is 9. The average Bonchev–Trinajstić information content (AvgIpc) is 3.24. The Hall–Kier alpha value is -3.47. The number of hydrogen-bond acceptors (Lipinski definition) is 4. The summed E-state index contributed by atoms with van der Waals surface area (Å²) >= 11 is 0. The van der Waals surface area contributed by atoms with E-state index in [1.54, 1.807) is 14.2 Å². The lowest BCUT2D eigenvalue weighted by Gasteiger charge is -2.34. The van der Waals surface area contributed by atoms with Gasteiger partial charge >= 0.3 is 7.48 Å². The SMILES string of the molecule is Bc1ccc2c(c1)C(c1ccc(OC)cc1)(c1ccc(OC)cc1)c1cccc(BOCC(C)(C)CO)c1-2. The summed E-state index contributed by atoms with van der Waals surface area (Å²) in [5, 5.41) is 9.70. The van der Waals surface area contributed by atoms with Crippen molar-refractivity contribution in [1.29, 1.82) is 0 Å². The van der Waals surface area contributed by atoms with E-state index in [0.717, 1.165) is 17.0 Å². The number of aliphatic hydroxyl groups is 1. The van der Waals surface area contributed by atoms with Crippen LogP contribution in [-0.2, 0) is 10.1 Å². The number of fused-ring (bicyclic) bond motifs is 3. The van der Waals surface area contributed by atoms with Crippen molar-refractivity contribution in [3.8, 4) is 22.6 Å². The fourth-order valence-electron chi connectivity index (χ4n) is 5.64. The molecule has 1 N–H and O–H groups in total. The molecule has 0 aliphatic heterocycles. The number of hydrogen-bond donors (Lipinski definition) is 1. The van der Waals surface area contributed by atoms with Gasteiger partial charge in [-0.3, -0.25) is 0 Å². The van der Waals surface area contributed by atoms with E-state index in [1.807, 2.05) is 38.1 Å². The monoisotopic (exact) mass is 504 g/mol. The first kappa shape index (κ1) is 26.1. The van der Waals surface area contributed by atoms with Gasteiger partial charge in [0.15, 0.2) is 0 Å². The van der Waals surface area contributed by atoms with E-state index in [-0.39, 0.29) is 12.0 Å². The molecule has 0 saturated heterocycles. The standard InChI is InChI=1S/C32H34B2O4/c1-31(2,19-35)20-38-34-29-7-5-6-27-30(29)26-17-12-23(33)18-28(26)32(27,21-8-13-24(36-3)14-9-21)22-10-15-25(37-4)16-11-22/h5-18,34-35H,19-20,33H2,1-4H3. The molecule has 0 heterocycles. The second-order valence-corrected chi connectivity index (χ2v) is 10.9. The zero-order valence-corrected chi connectivity index (χ0v) is 22.9. The molecule has 0 aromatic heterocycles. The van der Waals surface area contributed by atoms with Crippen molar-refractivity contribution < 1.29 is 19.2 Å². The Labute approximate surface area is 227 Å². The zero-order valence-electron chi connectivity index (χ0n) is 22.9. The van der Waals surface area contributed by atoms with Gasteiger partial charge in [-0.05, 0) is 63.1 Å². The first-order chi connectivity index (χ1) is 18.3. The summed E-state index contributed by atoms with van der Waals surface area (Å²) in [7, 11) is 6.02. The van der Waals surface area contributed by atoms with E-state index >= 15 is 0 Å². The van der Waals surface area contributed by atoms with Gasteiger partial charge in [0, 0.05) is 12.0 Å². The van der Waals surface area contributed by atoms with Gasteiger partial charge in [0.25, 0.3) is 0 Å². The molecular formula is C32H34B2O4.